The van der Waals surface area contributed by atoms with E-state index in [0.29, 0.717) is 17.9 Å². The van der Waals surface area contributed by atoms with Crippen LogP contribution in [0, 0.1) is 6.92 Å². The summed E-state index contributed by atoms with van der Waals surface area (Å²) in [6, 6.07) is 9.59. The second-order valence-corrected chi connectivity index (χ2v) is 7.66. The van der Waals surface area contributed by atoms with Crippen molar-refractivity contribution >= 4 is 29.5 Å². The number of nitrogens with two attached hydrogens (primary N) is 1. The molecule has 0 spiro atoms. The maximum absolute atomic E-state index is 12.4. The molecule has 3 amide bonds. The number of carbonyl (C=O) groups excluding carboxylic acids is 3. The maximum atomic E-state index is 12.4. The molecule has 2 heterocycles. The molecular weight excluding hydrogens is 394 g/mol. The SMILES string of the molecule is Cc1ccc(C(=O)NC2C(=O)NC(SCC(=O)NCc3ccco3)NC2N)cc1. The van der Waals surface area contributed by atoms with Gasteiger partial charge in [-0.2, -0.15) is 0 Å². The van der Waals surface area contributed by atoms with Gasteiger partial charge in [0, 0.05) is 5.56 Å². The zero-order chi connectivity index (χ0) is 20.8. The highest BCUT2D eigenvalue weighted by molar-refractivity contribution is 8.00. The van der Waals surface area contributed by atoms with Crippen LogP contribution in [0.1, 0.15) is 21.7 Å². The van der Waals surface area contributed by atoms with E-state index < -0.39 is 23.6 Å². The normalized spacial score (nSPS) is 21.3. The van der Waals surface area contributed by atoms with Crippen molar-refractivity contribution < 1.29 is 18.8 Å². The Labute approximate surface area is 172 Å². The lowest BCUT2D eigenvalue weighted by atomic mass is 10.1. The highest BCUT2D eigenvalue weighted by Crippen LogP contribution is 2.12. The van der Waals surface area contributed by atoms with Crippen molar-refractivity contribution in [1.29, 1.82) is 0 Å². The van der Waals surface area contributed by atoms with Gasteiger partial charge in [0.05, 0.1) is 24.7 Å². The third-order valence-electron chi connectivity index (χ3n) is 4.28. The summed E-state index contributed by atoms with van der Waals surface area (Å²) in [6.45, 7) is 2.22. The molecule has 1 aliphatic heterocycles. The molecular formula is C19H23N5O4S. The quantitative estimate of drug-likeness (QED) is 0.428. The van der Waals surface area contributed by atoms with Gasteiger partial charge in [-0.25, -0.2) is 0 Å². The Balaban J connectivity index is 1.45. The second-order valence-electron chi connectivity index (χ2n) is 6.57. The van der Waals surface area contributed by atoms with E-state index in [-0.39, 0.29) is 17.6 Å². The highest BCUT2D eigenvalue weighted by Gasteiger charge is 2.35. The lowest BCUT2D eigenvalue weighted by molar-refractivity contribution is -0.126. The number of aryl methyl sites for hydroxylation is 1. The molecule has 1 saturated heterocycles. The van der Waals surface area contributed by atoms with Gasteiger partial charge in [-0.1, -0.05) is 17.7 Å². The molecule has 154 valence electrons. The first-order chi connectivity index (χ1) is 13.9. The number of carbonyl (C=O) groups is 3. The molecule has 3 rings (SSSR count). The van der Waals surface area contributed by atoms with Gasteiger partial charge in [-0.15, -0.1) is 11.8 Å². The Bertz CT molecular complexity index is 856. The number of benzene rings is 1. The molecule has 0 saturated carbocycles. The molecule has 3 unspecified atom stereocenters. The average Bonchev–Trinajstić information content (AvgIpc) is 3.21. The number of hydrogen-bond acceptors (Lipinski definition) is 7. The lowest BCUT2D eigenvalue weighted by Gasteiger charge is -2.35. The number of rotatable bonds is 7. The van der Waals surface area contributed by atoms with E-state index in [0.717, 1.165) is 5.56 Å². The summed E-state index contributed by atoms with van der Waals surface area (Å²) in [5.41, 5.74) is 6.96. The molecule has 10 heteroatoms. The Morgan fingerprint density at radius 2 is 2.00 bits per heavy atom. The number of hydrogen-bond donors (Lipinski definition) is 5. The second kappa shape index (κ2) is 9.59. The fraction of sp³-hybridized carbons (Fsp3) is 0.316. The standard InChI is InChI=1S/C19H23N5O4S/c1-11-4-6-12(7-5-11)17(26)22-15-16(20)23-19(24-18(15)27)29-10-14(25)21-9-13-3-2-8-28-13/h2-8,15-16,19,23H,9-10,20H2,1H3,(H,21,25)(H,22,26)(H,24,27). The summed E-state index contributed by atoms with van der Waals surface area (Å²) in [7, 11) is 0. The molecule has 0 bridgehead atoms. The van der Waals surface area contributed by atoms with E-state index in [1.165, 1.54) is 18.0 Å². The van der Waals surface area contributed by atoms with Crippen LogP contribution >= 0.6 is 11.8 Å². The number of thioether (sulfide) groups is 1. The molecule has 29 heavy (non-hydrogen) atoms. The predicted octanol–water partition coefficient (Wildman–Crippen LogP) is 0.0238. The van der Waals surface area contributed by atoms with Crippen LogP contribution < -0.4 is 27.0 Å². The first-order valence-electron chi connectivity index (χ1n) is 9.02. The van der Waals surface area contributed by atoms with E-state index in [1.54, 1.807) is 24.3 Å². The monoisotopic (exact) mass is 417 g/mol. The third-order valence-corrected chi connectivity index (χ3v) is 5.30. The summed E-state index contributed by atoms with van der Waals surface area (Å²) in [4.78, 5) is 36.7. The molecule has 6 N–H and O–H groups in total. The zero-order valence-corrected chi connectivity index (χ0v) is 16.6. The van der Waals surface area contributed by atoms with Crippen molar-refractivity contribution in [2.24, 2.45) is 5.73 Å². The number of furan rings is 1. The van der Waals surface area contributed by atoms with Gasteiger partial charge in [0.1, 0.15) is 17.3 Å². The zero-order valence-electron chi connectivity index (χ0n) is 15.8. The van der Waals surface area contributed by atoms with Crippen LogP contribution in [0.3, 0.4) is 0 Å². The fourth-order valence-electron chi connectivity index (χ4n) is 2.68. The maximum Gasteiger partial charge on any atom is 0.252 e. The number of amides is 3. The van der Waals surface area contributed by atoms with Gasteiger partial charge in [0.15, 0.2) is 0 Å². The lowest BCUT2D eigenvalue weighted by Crippen LogP contribution is -2.70. The molecule has 1 aromatic carbocycles. The van der Waals surface area contributed by atoms with Crippen LogP contribution in [-0.2, 0) is 16.1 Å². The largest absolute Gasteiger partial charge is 0.467 e. The smallest absolute Gasteiger partial charge is 0.252 e. The number of nitrogens with one attached hydrogen (secondary N) is 4. The minimum absolute atomic E-state index is 0.117. The van der Waals surface area contributed by atoms with E-state index >= 15 is 0 Å². The van der Waals surface area contributed by atoms with E-state index in [1.807, 2.05) is 19.1 Å². The summed E-state index contributed by atoms with van der Waals surface area (Å²) in [5, 5.41) is 11.1. The molecule has 3 atom stereocenters. The summed E-state index contributed by atoms with van der Waals surface area (Å²) in [6.07, 6.45) is 0.745. The van der Waals surface area contributed by atoms with Crippen molar-refractivity contribution in [2.45, 2.75) is 31.2 Å². The topological polar surface area (TPSA) is 138 Å². The molecule has 0 aliphatic carbocycles. The third kappa shape index (κ3) is 5.83. The van der Waals surface area contributed by atoms with Crippen LogP contribution in [0.4, 0.5) is 0 Å². The van der Waals surface area contributed by atoms with Crippen LogP contribution in [0.25, 0.3) is 0 Å². The molecule has 0 radical (unpaired) electrons. The average molecular weight is 417 g/mol. The van der Waals surface area contributed by atoms with Crippen molar-refractivity contribution in [3.8, 4) is 0 Å². The van der Waals surface area contributed by atoms with Crippen LogP contribution in [0.15, 0.2) is 47.1 Å². The van der Waals surface area contributed by atoms with Gasteiger partial charge >= 0.3 is 0 Å². The van der Waals surface area contributed by atoms with Gasteiger partial charge in [0.25, 0.3) is 5.91 Å². The van der Waals surface area contributed by atoms with Gasteiger partial charge < -0.3 is 26.1 Å². The molecule has 1 aromatic heterocycles. The fourth-order valence-corrected chi connectivity index (χ4v) is 3.55. The Kier molecular flexibility index (Phi) is 6.91. The Morgan fingerprint density at radius 1 is 1.24 bits per heavy atom. The van der Waals surface area contributed by atoms with Crippen molar-refractivity contribution in [3.63, 3.8) is 0 Å². The highest BCUT2D eigenvalue weighted by atomic mass is 32.2. The van der Waals surface area contributed by atoms with Crippen molar-refractivity contribution in [2.75, 3.05) is 5.75 Å². The first-order valence-corrected chi connectivity index (χ1v) is 10.1. The molecule has 1 aliphatic rings. The Morgan fingerprint density at radius 3 is 2.66 bits per heavy atom. The minimum atomic E-state index is -0.923. The first kappa shape index (κ1) is 20.9. The Hall–Kier alpha value is -2.82. The van der Waals surface area contributed by atoms with Gasteiger partial charge in [0.2, 0.25) is 11.8 Å². The van der Waals surface area contributed by atoms with Gasteiger partial charge in [-0.05, 0) is 31.2 Å². The van der Waals surface area contributed by atoms with Crippen molar-refractivity contribution in [3.05, 3.63) is 59.5 Å². The molecule has 1 fully saturated rings. The summed E-state index contributed by atoms with van der Waals surface area (Å²) >= 11 is 1.19. The summed E-state index contributed by atoms with van der Waals surface area (Å²) in [5.74, 6) is -0.227. The minimum Gasteiger partial charge on any atom is -0.467 e. The van der Waals surface area contributed by atoms with Crippen LogP contribution in [0.5, 0.6) is 0 Å². The summed E-state index contributed by atoms with van der Waals surface area (Å²) < 4.78 is 5.15. The molecule has 2 aromatic rings. The van der Waals surface area contributed by atoms with E-state index in [9.17, 15) is 14.4 Å². The van der Waals surface area contributed by atoms with E-state index in [2.05, 4.69) is 21.3 Å². The van der Waals surface area contributed by atoms with Gasteiger partial charge in [-0.3, -0.25) is 19.7 Å². The predicted molar refractivity (Wildman–Crippen MR) is 108 cm³/mol. The van der Waals surface area contributed by atoms with Crippen molar-refractivity contribution in [1.82, 2.24) is 21.3 Å². The van der Waals surface area contributed by atoms with Crippen LogP contribution in [-0.4, -0.2) is 41.2 Å². The van der Waals surface area contributed by atoms with E-state index in [4.69, 9.17) is 10.2 Å². The molecule has 9 nitrogen and oxygen atoms in total. The van der Waals surface area contributed by atoms with Crippen LogP contribution in [0.2, 0.25) is 0 Å².